The Morgan fingerprint density at radius 3 is 2.67 bits per heavy atom. The molecule has 4 heteroatoms. The number of amides is 1. The van der Waals surface area contributed by atoms with Gasteiger partial charge >= 0.3 is 0 Å². The number of thioether (sulfide) groups is 1. The van der Waals surface area contributed by atoms with Gasteiger partial charge in [0.25, 0.3) is 0 Å². The van der Waals surface area contributed by atoms with Crippen LogP contribution in [0.5, 0.6) is 0 Å². The van der Waals surface area contributed by atoms with Gasteiger partial charge in [0, 0.05) is 11.8 Å². The highest BCUT2D eigenvalue weighted by Gasteiger charge is 2.07. The van der Waals surface area contributed by atoms with Gasteiger partial charge in [-0.1, -0.05) is 6.92 Å². The highest BCUT2D eigenvalue weighted by Crippen LogP contribution is 2.00. The van der Waals surface area contributed by atoms with Crippen LogP contribution in [0.2, 0.25) is 0 Å². The van der Waals surface area contributed by atoms with Gasteiger partial charge in [0.05, 0.1) is 6.54 Å². The Labute approximate surface area is 78.7 Å². The first-order valence-corrected chi connectivity index (χ1v) is 5.56. The molecule has 1 atom stereocenters. The maximum atomic E-state index is 11.1. The second-order valence-electron chi connectivity index (χ2n) is 2.66. The Kier molecular flexibility index (Phi) is 7.29. The molecule has 0 aliphatic rings. The number of carbonyl (C=O) groups is 1. The molecule has 0 spiro atoms. The van der Waals surface area contributed by atoms with Gasteiger partial charge in [-0.3, -0.25) is 4.79 Å². The van der Waals surface area contributed by atoms with E-state index in [1.807, 2.05) is 6.26 Å². The van der Waals surface area contributed by atoms with Gasteiger partial charge in [-0.15, -0.1) is 0 Å². The van der Waals surface area contributed by atoms with Gasteiger partial charge in [0.1, 0.15) is 0 Å². The summed E-state index contributed by atoms with van der Waals surface area (Å²) in [6.07, 6.45) is 3.04. The summed E-state index contributed by atoms with van der Waals surface area (Å²) in [6.45, 7) is 2.49. The monoisotopic (exact) mass is 190 g/mol. The van der Waals surface area contributed by atoms with E-state index in [4.69, 9.17) is 0 Å². The molecule has 0 heterocycles. The third kappa shape index (κ3) is 5.43. The lowest BCUT2D eigenvalue weighted by Gasteiger charge is -2.15. The molecular weight excluding hydrogens is 172 g/mol. The van der Waals surface area contributed by atoms with E-state index in [0.717, 1.165) is 12.2 Å². The van der Waals surface area contributed by atoms with E-state index >= 15 is 0 Å². The lowest BCUT2D eigenvalue weighted by Crippen LogP contribution is -2.40. The van der Waals surface area contributed by atoms with Gasteiger partial charge in [0.15, 0.2) is 0 Å². The number of nitrogens with one attached hydrogen (secondary N) is 2. The van der Waals surface area contributed by atoms with Gasteiger partial charge in [0.2, 0.25) is 5.91 Å². The minimum Gasteiger partial charge on any atom is -0.351 e. The summed E-state index contributed by atoms with van der Waals surface area (Å²) >= 11 is 1.76. The largest absolute Gasteiger partial charge is 0.351 e. The minimum absolute atomic E-state index is 0.0819. The van der Waals surface area contributed by atoms with E-state index in [0.29, 0.717) is 12.6 Å². The van der Waals surface area contributed by atoms with Crippen molar-refractivity contribution in [2.24, 2.45) is 0 Å². The van der Waals surface area contributed by atoms with Gasteiger partial charge in [-0.05, 0) is 19.7 Å². The predicted molar refractivity (Wildman–Crippen MR) is 54.5 cm³/mol. The van der Waals surface area contributed by atoms with Gasteiger partial charge in [-0.25, -0.2) is 0 Å². The molecular formula is C8H18N2OS. The predicted octanol–water partition coefficient (Wildman–Crippen LogP) is 0.464. The summed E-state index contributed by atoms with van der Waals surface area (Å²) in [6, 6.07) is 0.320. The molecule has 1 unspecified atom stereocenters. The van der Waals surface area contributed by atoms with Crippen LogP contribution < -0.4 is 10.6 Å². The molecule has 0 saturated heterocycles. The Morgan fingerprint density at radius 1 is 1.58 bits per heavy atom. The summed E-state index contributed by atoms with van der Waals surface area (Å²) in [7, 11) is 1.77. The summed E-state index contributed by atoms with van der Waals surface area (Å²) in [5.74, 6) is 1.07. The zero-order chi connectivity index (χ0) is 9.40. The van der Waals surface area contributed by atoms with Crippen molar-refractivity contribution in [2.45, 2.75) is 19.4 Å². The van der Waals surface area contributed by atoms with Crippen LogP contribution in [0.1, 0.15) is 13.3 Å². The molecule has 3 nitrogen and oxygen atoms in total. The Hall–Kier alpha value is -0.220. The molecule has 0 rings (SSSR count). The Bertz CT molecular complexity index is 130. The normalized spacial score (nSPS) is 12.6. The molecule has 0 aliphatic carbocycles. The summed E-state index contributed by atoms with van der Waals surface area (Å²) < 4.78 is 0. The van der Waals surface area contributed by atoms with Crippen LogP contribution in [0.3, 0.4) is 0 Å². The number of hydrogen-bond acceptors (Lipinski definition) is 3. The van der Waals surface area contributed by atoms with Crippen LogP contribution in [0.25, 0.3) is 0 Å². The van der Waals surface area contributed by atoms with E-state index in [-0.39, 0.29) is 5.91 Å². The van der Waals surface area contributed by atoms with Crippen molar-refractivity contribution in [3.05, 3.63) is 0 Å². The summed E-state index contributed by atoms with van der Waals surface area (Å²) in [5, 5.41) is 5.77. The van der Waals surface area contributed by atoms with E-state index in [1.54, 1.807) is 18.8 Å². The van der Waals surface area contributed by atoms with E-state index in [1.165, 1.54) is 0 Å². The topological polar surface area (TPSA) is 41.1 Å². The SMILES string of the molecule is CCC(CSC)NC(=O)CNC. The Balaban J connectivity index is 3.61. The molecule has 0 fully saturated rings. The van der Waals surface area contributed by atoms with E-state index in [9.17, 15) is 4.79 Å². The van der Waals surface area contributed by atoms with Crippen LogP contribution >= 0.6 is 11.8 Å². The molecule has 0 aromatic carbocycles. The quantitative estimate of drug-likeness (QED) is 0.639. The second-order valence-corrected chi connectivity index (χ2v) is 3.57. The molecule has 72 valence electrons. The van der Waals surface area contributed by atoms with Gasteiger partial charge in [-0.2, -0.15) is 11.8 Å². The fourth-order valence-electron chi connectivity index (χ4n) is 0.902. The van der Waals surface area contributed by atoms with E-state index in [2.05, 4.69) is 17.6 Å². The minimum atomic E-state index is 0.0819. The van der Waals surface area contributed by atoms with Gasteiger partial charge < -0.3 is 10.6 Å². The standard InChI is InChI=1S/C8H18N2OS/c1-4-7(6-12-3)10-8(11)5-9-2/h7,9H,4-6H2,1-3H3,(H,10,11). The van der Waals surface area contributed by atoms with Crippen LogP contribution in [-0.2, 0) is 4.79 Å². The Morgan fingerprint density at radius 2 is 2.25 bits per heavy atom. The average Bonchev–Trinajstić information content (AvgIpc) is 2.04. The molecule has 0 radical (unpaired) electrons. The van der Waals surface area contributed by atoms with Crippen LogP contribution in [-0.4, -0.2) is 37.6 Å². The number of hydrogen-bond donors (Lipinski definition) is 2. The summed E-state index contributed by atoms with van der Waals surface area (Å²) in [4.78, 5) is 11.1. The van der Waals surface area contributed by atoms with Crippen LogP contribution in [0.15, 0.2) is 0 Å². The first-order chi connectivity index (χ1) is 5.74. The molecule has 1 amide bonds. The maximum Gasteiger partial charge on any atom is 0.234 e. The van der Waals surface area contributed by atoms with Crippen molar-refractivity contribution in [1.29, 1.82) is 0 Å². The molecule has 0 aromatic rings. The smallest absolute Gasteiger partial charge is 0.234 e. The highest BCUT2D eigenvalue weighted by molar-refractivity contribution is 7.98. The van der Waals surface area contributed by atoms with Crippen molar-refractivity contribution in [1.82, 2.24) is 10.6 Å². The first-order valence-electron chi connectivity index (χ1n) is 4.17. The summed E-state index contributed by atoms with van der Waals surface area (Å²) in [5.41, 5.74) is 0. The highest BCUT2D eigenvalue weighted by atomic mass is 32.2. The van der Waals surface area contributed by atoms with Crippen molar-refractivity contribution in [2.75, 3.05) is 25.6 Å². The fraction of sp³-hybridized carbons (Fsp3) is 0.875. The molecule has 12 heavy (non-hydrogen) atoms. The number of rotatable bonds is 6. The fourth-order valence-corrected chi connectivity index (χ4v) is 1.62. The van der Waals surface area contributed by atoms with Crippen molar-refractivity contribution in [3.63, 3.8) is 0 Å². The van der Waals surface area contributed by atoms with Crippen molar-refractivity contribution < 1.29 is 4.79 Å². The van der Waals surface area contributed by atoms with E-state index < -0.39 is 0 Å². The molecule has 0 bridgehead atoms. The molecule has 0 aliphatic heterocycles. The molecule has 0 aromatic heterocycles. The zero-order valence-electron chi connectivity index (χ0n) is 8.02. The lowest BCUT2D eigenvalue weighted by atomic mass is 10.2. The average molecular weight is 190 g/mol. The van der Waals surface area contributed by atoms with Crippen molar-refractivity contribution >= 4 is 17.7 Å². The first kappa shape index (κ1) is 11.8. The lowest BCUT2D eigenvalue weighted by molar-refractivity contribution is -0.120. The van der Waals surface area contributed by atoms with Crippen LogP contribution in [0, 0.1) is 0 Å². The second kappa shape index (κ2) is 7.43. The third-order valence-electron chi connectivity index (χ3n) is 1.56. The maximum absolute atomic E-state index is 11.1. The molecule has 0 saturated carbocycles. The number of likely N-dealkylation sites (N-methyl/N-ethyl adjacent to an activating group) is 1. The molecule has 2 N–H and O–H groups in total. The number of carbonyl (C=O) groups excluding carboxylic acids is 1. The zero-order valence-corrected chi connectivity index (χ0v) is 8.83. The van der Waals surface area contributed by atoms with Crippen molar-refractivity contribution in [3.8, 4) is 0 Å². The third-order valence-corrected chi connectivity index (χ3v) is 2.30. The van der Waals surface area contributed by atoms with Crippen LogP contribution in [0.4, 0.5) is 0 Å².